The van der Waals surface area contributed by atoms with Gasteiger partial charge >= 0.3 is 0 Å². The zero-order chi connectivity index (χ0) is 10.0. The van der Waals surface area contributed by atoms with E-state index in [4.69, 9.17) is 10.9 Å². The Morgan fingerprint density at radius 1 is 1.54 bits per heavy atom. The van der Waals surface area contributed by atoms with Gasteiger partial charge in [0.15, 0.2) is 0 Å². The van der Waals surface area contributed by atoms with Crippen LogP contribution in [-0.2, 0) is 11.0 Å². The lowest BCUT2D eigenvalue weighted by atomic mass is 10.2. The smallest absolute Gasteiger partial charge is 0.133 e. The van der Waals surface area contributed by atoms with Crippen molar-refractivity contribution in [2.75, 3.05) is 0 Å². The Labute approximate surface area is 77.8 Å². The maximum absolute atomic E-state index is 13.1. The molecule has 3 nitrogen and oxygen atoms in total. The molecule has 0 aromatic heterocycles. The maximum atomic E-state index is 13.1. The molecule has 0 bridgehead atoms. The number of benzene rings is 1. The van der Waals surface area contributed by atoms with Gasteiger partial charge in [-0.25, -0.2) is 13.7 Å². The van der Waals surface area contributed by atoms with Crippen molar-refractivity contribution in [1.82, 2.24) is 0 Å². The Balaban J connectivity index is 3.43. The van der Waals surface area contributed by atoms with Gasteiger partial charge in [0.25, 0.3) is 0 Å². The summed E-state index contributed by atoms with van der Waals surface area (Å²) >= 11 is 0. The van der Waals surface area contributed by atoms with Crippen molar-refractivity contribution >= 4 is 16.7 Å². The van der Waals surface area contributed by atoms with Gasteiger partial charge in [0.2, 0.25) is 0 Å². The third-order valence-corrected chi connectivity index (χ3v) is 2.29. The molecule has 1 atom stereocenters. The third kappa shape index (κ3) is 1.93. The van der Waals surface area contributed by atoms with E-state index >= 15 is 0 Å². The molecule has 0 fully saturated rings. The van der Waals surface area contributed by atoms with Crippen LogP contribution in [0, 0.1) is 5.82 Å². The summed E-state index contributed by atoms with van der Waals surface area (Å²) in [6, 6.07) is 4.08. The molecule has 0 amide bonds. The van der Waals surface area contributed by atoms with Crippen molar-refractivity contribution in [2.24, 2.45) is 10.9 Å². The van der Waals surface area contributed by atoms with E-state index in [2.05, 4.69) is 6.58 Å². The van der Waals surface area contributed by atoms with Crippen LogP contribution in [0.1, 0.15) is 5.56 Å². The predicted molar refractivity (Wildman–Crippen MR) is 50.2 cm³/mol. The molecule has 0 saturated carbocycles. The first-order valence-electron chi connectivity index (χ1n) is 3.43. The van der Waals surface area contributed by atoms with Crippen molar-refractivity contribution in [1.29, 1.82) is 0 Å². The highest BCUT2D eigenvalue weighted by Gasteiger charge is 2.12. The quantitative estimate of drug-likeness (QED) is 0.739. The third-order valence-electron chi connectivity index (χ3n) is 1.51. The summed E-state index contributed by atoms with van der Waals surface area (Å²) in [7, 11) is -1.75. The molecule has 1 unspecified atom stereocenters. The topological polar surface area (TPSA) is 69.1 Å². The Hall–Kier alpha value is -1.20. The summed E-state index contributed by atoms with van der Waals surface area (Å²) in [6.07, 6.45) is 0. The zero-order valence-corrected chi connectivity index (χ0v) is 7.60. The van der Waals surface area contributed by atoms with Crippen LogP contribution in [0.3, 0.4) is 0 Å². The lowest BCUT2D eigenvalue weighted by molar-refractivity contribution is 0.618. The van der Waals surface area contributed by atoms with Gasteiger partial charge in [-0.3, -0.25) is 0 Å². The molecule has 0 saturated heterocycles. The van der Waals surface area contributed by atoms with Gasteiger partial charge < -0.3 is 5.73 Å². The molecule has 5 heteroatoms. The molecule has 1 aromatic rings. The fourth-order valence-electron chi connectivity index (χ4n) is 0.984. The van der Waals surface area contributed by atoms with E-state index in [1.165, 1.54) is 18.2 Å². The Bertz CT molecular complexity index is 378. The van der Waals surface area contributed by atoms with Gasteiger partial charge in [-0.1, -0.05) is 12.6 Å². The molecule has 4 N–H and O–H groups in total. The Morgan fingerprint density at radius 3 is 2.54 bits per heavy atom. The highest BCUT2D eigenvalue weighted by atomic mass is 32.2. The Morgan fingerprint density at radius 2 is 2.15 bits per heavy atom. The zero-order valence-electron chi connectivity index (χ0n) is 6.79. The fourth-order valence-corrected chi connectivity index (χ4v) is 1.63. The van der Waals surface area contributed by atoms with E-state index in [0.717, 1.165) is 0 Å². The number of nitrogens with two attached hydrogens (primary N) is 2. The van der Waals surface area contributed by atoms with Crippen LogP contribution >= 0.6 is 0 Å². The van der Waals surface area contributed by atoms with Crippen molar-refractivity contribution in [3.8, 4) is 0 Å². The van der Waals surface area contributed by atoms with Crippen molar-refractivity contribution in [3.05, 3.63) is 36.2 Å². The molecule has 0 spiro atoms. The number of hydrogen-bond donors (Lipinski definition) is 2. The summed E-state index contributed by atoms with van der Waals surface area (Å²) in [5, 5.41) is 5.13. The summed E-state index contributed by atoms with van der Waals surface area (Å²) in [5.41, 5.74) is 5.38. The summed E-state index contributed by atoms with van der Waals surface area (Å²) in [6.45, 7) is 3.38. The molecule has 0 radical (unpaired) electrons. The molecular formula is C8H9FN2OS. The van der Waals surface area contributed by atoms with Crippen LogP contribution < -0.4 is 10.9 Å². The Kier molecular flexibility index (Phi) is 2.79. The average Bonchev–Trinajstić information content (AvgIpc) is 2.02. The first-order chi connectivity index (χ1) is 6.04. The summed E-state index contributed by atoms with van der Waals surface area (Å²) in [4.78, 5) is 0.160. The summed E-state index contributed by atoms with van der Waals surface area (Å²) < 4.78 is 24.1. The molecule has 0 aliphatic rings. The van der Waals surface area contributed by atoms with Crippen LogP contribution in [0.15, 0.2) is 29.7 Å². The van der Waals surface area contributed by atoms with Gasteiger partial charge in [0.05, 0.1) is 10.5 Å². The summed E-state index contributed by atoms with van der Waals surface area (Å²) in [5.74, 6) is -0.566. The molecule has 0 aliphatic heterocycles. The minimum atomic E-state index is -1.75. The van der Waals surface area contributed by atoms with Crippen LogP contribution in [0.2, 0.25) is 0 Å². The van der Waals surface area contributed by atoms with E-state index in [0.29, 0.717) is 0 Å². The molecule has 13 heavy (non-hydrogen) atoms. The minimum Gasteiger partial charge on any atom is -0.399 e. The van der Waals surface area contributed by atoms with E-state index in [-0.39, 0.29) is 16.2 Å². The molecule has 0 heterocycles. The van der Waals surface area contributed by atoms with E-state index < -0.39 is 16.8 Å². The standard InChI is InChI=1S/C8H9FN2OS/c1-5(10)8-6(9)3-2-4-7(8)13(11)12/h2-4H,1,10-11H2. The van der Waals surface area contributed by atoms with Gasteiger partial charge in [0.1, 0.15) is 16.8 Å². The van der Waals surface area contributed by atoms with Gasteiger partial charge in [-0.2, -0.15) is 0 Å². The molecule has 0 aliphatic carbocycles. The van der Waals surface area contributed by atoms with E-state index in [1.807, 2.05) is 0 Å². The van der Waals surface area contributed by atoms with Gasteiger partial charge in [-0.05, 0) is 12.1 Å². The second-order valence-corrected chi connectivity index (χ2v) is 3.47. The van der Waals surface area contributed by atoms with Crippen molar-refractivity contribution < 1.29 is 8.60 Å². The van der Waals surface area contributed by atoms with E-state index in [1.54, 1.807) is 0 Å². The second kappa shape index (κ2) is 3.68. The van der Waals surface area contributed by atoms with Gasteiger partial charge in [-0.15, -0.1) is 0 Å². The highest BCUT2D eigenvalue weighted by molar-refractivity contribution is 7.82. The predicted octanol–water partition coefficient (Wildman–Crippen LogP) is 0.736. The number of rotatable bonds is 2. The largest absolute Gasteiger partial charge is 0.399 e. The average molecular weight is 200 g/mol. The second-order valence-electron chi connectivity index (χ2n) is 2.44. The lowest BCUT2D eigenvalue weighted by Crippen LogP contribution is -2.09. The van der Waals surface area contributed by atoms with E-state index in [9.17, 15) is 8.60 Å². The van der Waals surface area contributed by atoms with Crippen LogP contribution in [0.5, 0.6) is 0 Å². The van der Waals surface area contributed by atoms with Gasteiger partial charge in [0, 0.05) is 5.70 Å². The van der Waals surface area contributed by atoms with Crippen molar-refractivity contribution in [2.45, 2.75) is 4.90 Å². The van der Waals surface area contributed by atoms with Crippen LogP contribution in [0.4, 0.5) is 4.39 Å². The molecule has 1 aromatic carbocycles. The first-order valence-corrected chi connectivity index (χ1v) is 4.64. The fraction of sp³-hybridized carbons (Fsp3) is 0. The monoisotopic (exact) mass is 200 g/mol. The van der Waals surface area contributed by atoms with Crippen LogP contribution in [-0.4, -0.2) is 4.21 Å². The lowest BCUT2D eigenvalue weighted by Gasteiger charge is -2.06. The van der Waals surface area contributed by atoms with Crippen LogP contribution in [0.25, 0.3) is 5.70 Å². The number of hydrogen-bond acceptors (Lipinski definition) is 2. The molecule has 70 valence electrons. The molecule has 1 rings (SSSR count). The highest BCUT2D eigenvalue weighted by Crippen LogP contribution is 2.19. The number of halogens is 1. The first kappa shape index (κ1) is 9.88. The normalized spacial score (nSPS) is 12.5. The maximum Gasteiger partial charge on any atom is 0.133 e. The van der Waals surface area contributed by atoms with Crippen molar-refractivity contribution in [3.63, 3.8) is 0 Å². The molecular weight excluding hydrogens is 191 g/mol. The minimum absolute atomic E-state index is 0.0203. The SMILES string of the molecule is C=C(N)c1c(F)cccc1S(N)=O.